The second-order valence-electron chi connectivity index (χ2n) is 10.2. The molecular weight excluding hydrogens is 492 g/mol. The summed E-state index contributed by atoms with van der Waals surface area (Å²) in [6.45, 7) is 4.17. The number of rotatable bonds is 14. The minimum atomic E-state index is -1.05. The van der Waals surface area contributed by atoms with E-state index < -0.39 is 23.8 Å². The number of methoxy groups -OCH3 is 1. The molecule has 1 unspecified atom stereocenters. The first-order chi connectivity index (χ1) is 18.8. The second-order valence-corrected chi connectivity index (χ2v) is 10.2. The third-order valence-electron chi connectivity index (χ3n) is 6.49. The van der Waals surface area contributed by atoms with Crippen LogP contribution in [0.15, 0.2) is 84.9 Å². The SMILES string of the molecule is COC[C@H](Cc1ccccc1)NC(=O)C(NC(=O)[C@@H](CC(=O)O)CC(C)C)c1ccc(-c2ccccc2)cc1. The van der Waals surface area contributed by atoms with Gasteiger partial charge in [-0.05, 0) is 41.0 Å². The third-order valence-corrected chi connectivity index (χ3v) is 6.49. The Balaban J connectivity index is 1.88. The molecule has 7 nitrogen and oxygen atoms in total. The van der Waals surface area contributed by atoms with Gasteiger partial charge in [0.1, 0.15) is 6.04 Å². The number of carboxylic acids is 1. The van der Waals surface area contributed by atoms with Gasteiger partial charge in [0.05, 0.1) is 19.1 Å². The molecule has 206 valence electrons. The first-order valence-corrected chi connectivity index (χ1v) is 13.3. The number of nitrogens with one attached hydrogen (secondary N) is 2. The fourth-order valence-corrected chi connectivity index (χ4v) is 4.66. The topological polar surface area (TPSA) is 105 Å². The molecule has 2 amide bonds. The van der Waals surface area contributed by atoms with Gasteiger partial charge in [-0.2, -0.15) is 0 Å². The van der Waals surface area contributed by atoms with Crippen LogP contribution in [0.25, 0.3) is 11.1 Å². The molecule has 0 saturated heterocycles. The van der Waals surface area contributed by atoms with Crippen LogP contribution in [-0.2, 0) is 25.5 Å². The van der Waals surface area contributed by atoms with Gasteiger partial charge in [-0.1, -0.05) is 98.8 Å². The molecule has 0 saturated carbocycles. The fraction of sp³-hybridized carbons (Fsp3) is 0.344. The van der Waals surface area contributed by atoms with Crippen molar-refractivity contribution in [1.82, 2.24) is 10.6 Å². The van der Waals surface area contributed by atoms with Gasteiger partial charge in [0.25, 0.3) is 0 Å². The molecule has 0 radical (unpaired) electrons. The number of hydrogen-bond acceptors (Lipinski definition) is 4. The Morgan fingerprint density at radius 3 is 1.95 bits per heavy atom. The molecule has 0 heterocycles. The maximum atomic E-state index is 13.7. The fourth-order valence-electron chi connectivity index (χ4n) is 4.66. The van der Waals surface area contributed by atoms with Crippen LogP contribution >= 0.6 is 0 Å². The van der Waals surface area contributed by atoms with E-state index in [0.29, 0.717) is 25.0 Å². The maximum absolute atomic E-state index is 13.7. The van der Waals surface area contributed by atoms with E-state index in [1.165, 1.54) is 0 Å². The lowest BCUT2D eigenvalue weighted by Crippen LogP contribution is -2.48. The number of amides is 2. The lowest BCUT2D eigenvalue weighted by molar-refractivity contribution is -0.142. The first kappa shape index (κ1) is 29.6. The normalized spacial score (nSPS) is 13.3. The van der Waals surface area contributed by atoms with Crippen LogP contribution in [0, 0.1) is 11.8 Å². The molecule has 0 spiro atoms. The summed E-state index contributed by atoms with van der Waals surface area (Å²) in [6, 6.07) is 25.8. The Morgan fingerprint density at radius 1 is 0.795 bits per heavy atom. The number of benzene rings is 3. The summed E-state index contributed by atoms with van der Waals surface area (Å²) in [6.07, 6.45) is 0.661. The minimum absolute atomic E-state index is 0.120. The highest BCUT2D eigenvalue weighted by Gasteiger charge is 2.30. The smallest absolute Gasteiger partial charge is 0.304 e. The van der Waals surface area contributed by atoms with Crippen molar-refractivity contribution in [1.29, 1.82) is 0 Å². The zero-order valence-corrected chi connectivity index (χ0v) is 22.8. The summed E-state index contributed by atoms with van der Waals surface area (Å²) in [4.78, 5) is 38.5. The highest BCUT2D eigenvalue weighted by Crippen LogP contribution is 2.24. The molecule has 3 aromatic carbocycles. The zero-order chi connectivity index (χ0) is 28.2. The van der Waals surface area contributed by atoms with Crippen LogP contribution < -0.4 is 10.6 Å². The number of hydrogen-bond donors (Lipinski definition) is 3. The Labute approximate surface area is 230 Å². The van der Waals surface area contributed by atoms with Gasteiger partial charge < -0.3 is 20.5 Å². The lowest BCUT2D eigenvalue weighted by Gasteiger charge is -2.26. The largest absolute Gasteiger partial charge is 0.481 e. The standard InChI is InChI=1S/C32H38N2O5/c1-22(2)18-27(20-29(35)36)31(37)34-30(26-16-14-25(15-17-26)24-12-8-5-9-13-24)32(38)33-28(21-39-3)19-23-10-6-4-7-11-23/h4-17,22,27-28,30H,18-21H2,1-3H3,(H,33,38)(H,34,37)(H,35,36)/t27-,28+,30?/m1/s1. The van der Waals surface area contributed by atoms with Crippen LogP contribution in [-0.4, -0.2) is 42.6 Å². The average molecular weight is 531 g/mol. The summed E-state index contributed by atoms with van der Waals surface area (Å²) >= 11 is 0. The van der Waals surface area contributed by atoms with E-state index in [-0.39, 0.29) is 24.3 Å². The molecular formula is C32H38N2O5. The predicted molar refractivity (Wildman–Crippen MR) is 152 cm³/mol. The second kappa shape index (κ2) is 14.8. The van der Waals surface area contributed by atoms with Crippen molar-refractivity contribution in [3.8, 4) is 11.1 Å². The maximum Gasteiger partial charge on any atom is 0.304 e. The molecule has 0 aliphatic heterocycles. The van der Waals surface area contributed by atoms with Crippen LogP contribution in [0.5, 0.6) is 0 Å². The Bertz CT molecular complexity index is 1200. The minimum Gasteiger partial charge on any atom is -0.481 e. The molecule has 0 aromatic heterocycles. The van der Waals surface area contributed by atoms with Gasteiger partial charge in [0.15, 0.2) is 0 Å². The van der Waals surface area contributed by atoms with Crippen LogP contribution in [0.3, 0.4) is 0 Å². The van der Waals surface area contributed by atoms with Gasteiger partial charge in [0.2, 0.25) is 11.8 Å². The quantitative estimate of drug-likeness (QED) is 0.271. The van der Waals surface area contributed by atoms with Gasteiger partial charge in [-0.25, -0.2) is 0 Å². The van der Waals surface area contributed by atoms with E-state index in [0.717, 1.165) is 16.7 Å². The zero-order valence-electron chi connectivity index (χ0n) is 22.8. The third kappa shape index (κ3) is 9.37. The van der Waals surface area contributed by atoms with E-state index >= 15 is 0 Å². The van der Waals surface area contributed by atoms with Crippen LogP contribution in [0.4, 0.5) is 0 Å². The summed E-state index contributed by atoms with van der Waals surface area (Å²) < 4.78 is 5.37. The van der Waals surface area contributed by atoms with Crippen molar-refractivity contribution in [2.75, 3.05) is 13.7 Å². The lowest BCUT2D eigenvalue weighted by atomic mass is 9.92. The van der Waals surface area contributed by atoms with Gasteiger partial charge in [-0.15, -0.1) is 0 Å². The Morgan fingerprint density at radius 2 is 1.38 bits per heavy atom. The van der Waals surface area contributed by atoms with Crippen molar-refractivity contribution < 1.29 is 24.2 Å². The van der Waals surface area contributed by atoms with E-state index in [1.54, 1.807) is 7.11 Å². The molecule has 3 aromatic rings. The molecule has 3 rings (SSSR count). The first-order valence-electron chi connectivity index (χ1n) is 13.3. The molecule has 3 N–H and O–H groups in total. The molecule has 7 heteroatoms. The van der Waals surface area contributed by atoms with Crippen molar-refractivity contribution in [2.45, 2.75) is 45.2 Å². The molecule has 0 bridgehead atoms. The number of carboxylic acid groups (broad SMARTS) is 1. The van der Waals surface area contributed by atoms with Gasteiger partial charge in [0, 0.05) is 13.0 Å². The predicted octanol–water partition coefficient (Wildman–Crippen LogP) is 5.02. The van der Waals surface area contributed by atoms with Crippen molar-refractivity contribution in [2.24, 2.45) is 11.8 Å². The summed E-state index contributed by atoms with van der Waals surface area (Å²) in [5, 5.41) is 15.3. The number of aliphatic carboxylic acids is 1. The Kier molecular flexibility index (Phi) is 11.3. The van der Waals surface area contributed by atoms with Crippen molar-refractivity contribution >= 4 is 17.8 Å². The van der Waals surface area contributed by atoms with E-state index in [2.05, 4.69) is 10.6 Å². The summed E-state index contributed by atoms with van der Waals surface area (Å²) in [7, 11) is 1.58. The molecule has 0 aliphatic rings. The number of carbonyl (C=O) groups excluding carboxylic acids is 2. The van der Waals surface area contributed by atoms with Crippen molar-refractivity contribution in [3.05, 3.63) is 96.1 Å². The molecule has 3 atom stereocenters. The Hall–Kier alpha value is -3.97. The molecule has 39 heavy (non-hydrogen) atoms. The van der Waals surface area contributed by atoms with Gasteiger partial charge in [-0.3, -0.25) is 14.4 Å². The molecule has 0 aliphatic carbocycles. The van der Waals surface area contributed by atoms with Crippen LogP contribution in [0.2, 0.25) is 0 Å². The van der Waals surface area contributed by atoms with E-state index in [9.17, 15) is 19.5 Å². The highest BCUT2D eigenvalue weighted by molar-refractivity contribution is 5.91. The highest BCUT2D eigenvalue weighted by atomic mass is 16.5. The van der Waals surface area contributed by atoms with E-state index in [4.69, 9.17) is 4.74 Å². The summed E-state index contributed by atoms with van der Waals surface area (Å²) in [5.41, 5.74) is 3.67. The average Bonchev–Trinajstić information content (AvgIpc) is 2.92. The van der Waals surface area contributed by atoms with Crippen LogP contribution in [0.1, 0.15) is 43.9 Å². The number of ether oxygens (including phenoxy) is 1. The van der Waals surface area contributed by atoms with E-state index in [1.807, 2.05) is 98.8 Å². The summed E-state index contributed by atoms with van der Waals surface area (Å²) in [5.74, 6) is -2.51. The molecule has 0 fully saturated rings. The van der Waals surface area contributed by atoms with Gasteiger partial charge >= 0.3 is 5.97 Å². The number of carbonyl (C=O) groups is 3. The monoisotopic (exact) mass is 530 g/mol. The van der Waals surface area contributed by atoms with Crippen molar-refractivity contribution in [3.63, 3.8) is 0 Å².